The number of hydrogen-bond acceptors (Lipinski definition) is 4. The fourth-order valence-corrected chi connectivity index (χ4v) is 3.28. The molecular weight excluding hydrogens is 402 g/mol. The van der Waals surface area contributed by atoms with Crippen LogP contribution in [0.1, 0.15) is 50.0 Å². The van der Waals surface area contributed by atoms with E-state index >= 15 is 0 Å². The van der Waals surface area contributed by atoms with Crippen LogP contribution in [0.5, 0.6) is 5.75 Å². The van der Waals surface area contributed by atoms with Crippen molar-refractivity contribution in [1.29, 1.82) is 0 Å². The van der Waals surface area contributed by atoms with Gasteiger partial charge in [0.2, 0.25) is 5.91 Å². The van der Waals surface area contributed by atoms with Crippen LogP contribution in [0.4, 0.5) is 0 Å². The third kappa shape index (κ3) is 6.06. The van der Waals surface area contributed by atoms with Gasteiger partial charge in [-0.1, -0.05) is 51.1 Å². The zero-order valence-electron chi connectivity index (χ0n) is 19.1. The zero-order chi connectivity index (χ0) is 23.1. The Morgan fingerprint density at radius 2 is 1.75 bits per heavy atom. The van der Waals surface area contributed by atoms with Crippen molar-refractivity contribution in [2.75, 3.05) is 13.2 Å². The molecule has 0 spiro atoms. The number of rotatable bonds is 8. The molecule has 2 N–H and O–H groups in total. The van der Waals surface area contributed by atoms with Crippen molar-refractivity contribution in [2.24, 2.45) is 0 Å². The normalized spacial score (nSPS) is 12.2. The van der Waals surface area contributed by atoms with Crippen molar-refractivity contribution >= 4 is 22.7 Å². The number of ether oxygens (including phenoxy) is 1. The fraction of sp³-hybridized carbons (Fsp3) is 0.346. The minimum atomic E-state index is -0.632. The Morgan fingerprint density at radius 1 is 1.03 bits per heavy atom. The predicted molar refractivity (Wildman–Crippen MR) is 127 cm³/mol. The number of carbonyl (C=O) groups is 2. The van der Waals surface area contributed by atoms with Crippen LogP contribution in [0.25, 0.3) is 10.9 Å². The van der Waals surface area contributed by atoms with Crippen LogP contribution >= 0.6 is 0 Å². The van der Waals surface area contributed by atoms with Gasteiger partial charge in [0.05, 0.1) is 6.61 Å². The molecule has 6 nitrogen and oxygen atoms in total. The van der Waals surface area contributed by atoms with E-state index in [4.69, 9.17) is 4.74 Å². The molecule has 168 valence electrons. The molecule has 1 unspecified atom stereocenters. The molecule has 0 aliphatic rings. The SMILES string of the molecule is CC(NC(=O)c1ccc(C(C)(C)C)cc1)C(=O)NCCCOc1cccc2cccnc12. The molecule has 3 aromatic rings. The van der Waals surface area contributed by atoms with Gasteiger partial charge in [0.15, 0.2) is 0 Å². The Morgan fingerprint density at radius 3 is 2.47 bits per heavy atom. The third-order valence-corrected chi connectivity index (χ3v) is 5.23. The first-order valence-corrected chi connectivity index (χ1v) is 10.9. The van der Waals surface area contributed by atoms with Gasteiger partial charge in [-0.2, -0.15) is 0 Å². The molecule has 0 saturated carbocycles. The largest absolute Gasteiger partial charge is 0.491 e. The number of nitrogens with one attached hydrogen (secondary N) is 2. The molecule has 1 heterocycles. The van der Waals surface area contributed by atoms with Crippen LogP contribution in [-0.4, -0.2) is 36.0 Å². The first kappa shape index (κ1) is 23.3. The summed E-state index contributed by atoms with van der Waals surface area (Å²) in [4.78, 5) is 29.1. The van der Waals surface area contributed by atoms with E-state index in [1.54, 1.807) is 25.3 Å². The molecule has 0 radical (unpaired) electrons. The van der Waals surface area contributed by atoms with E-state index in [1.807, 2.05) is 42.5 Å². The number of benzene rings is 2. The van der Waals surface area contributed by atoms with Crippen LogP contribution in [-0.2, 0) is 10.2 Å². The number of amides is 2. The Labute approximate surface area is 189 Å². The van der Waals surface area contributed by atoms with Crippen molar-refractivity contribution in [3.63, 3.8) is 0 Å². The Hall–Kier alpha value is -3.41. The summed E-state index contributed by atoms with van der Waals surface area (Å²) in [6, 6.07) is 16.5. The second-order valence-corrected chi connectivity index (χ2v) is 8.85. The van der Waals surface area contributed by atoms with Gasteiger partial charge in [-0.05, 0) is 48.6 Å². The molecule has 3 rings (SSSR count). The molecule has 0 fully saturated rings. The smallest absolute Gasteiger partial charge is 0.251 e. The average Bonchev–Trinajstić information content (AvgIpc) is 2.78. The average molecular weight is 434 g/mol. The van der Waals surface area contributed by atoms with E-state index < -0.39 is 6.04 Å². The maximum atomic E-state index is 12.4. The number of para-hydroxylation sites is 1. The number of carbonyl (C=O) groups excluding carboxylic acids is 2. The van der Waals surface area contributed by atoms with Gasteiger partial charge in [-0.15, -0.1) is 0 Å². The number of hydrogen-bond donors (Lipinski definition) is 2. The summed E-state index contributed by atoms with van der Waals surface area (Å²) in [7, 11) is 0. The summed E-state index contributed by atoms with van der Waals surface area (Å²) < 4.78 is 5.83. The van der Waals surface area contributed by atoms with Crippen LogP contribution in [0.2, 0.25) is 0 Å². The maximum absolute atomic E-state index is 12.4. The summed E-state index contributed by atoms with van der Waals surface area (Å²) in [6.07, 6.45) is 2.38. The highest BCUT2D eigenvalue weighted by Gasteiger charge is 2.18. The van der Waals surface area contributed by atoms with Crippen molar-refractivity contribution in [1.82, 2.24) is 15.6 Å². The lowest BCUT2D eigenvalue weighted by atomic mass is 9.86. The fourth-order valence-electron chi connectivity index (χ4n) is 3.28. The highest BCUT2D eigenvalue weighted by Crippen LogP contribution is 2.23. The van der Waals surface area contributed by atoms with Crippen LogP contribution in [0, 0.1) is 0 Å². The number of nitrogens with zero attached hydrogens (tertiary/aromatic N) is 1. The van der Waals surface area contributed by atoms with E-state index in [0.717, 1.165) is 22.2 Å². The van der Waals surface area contributed by atoms with Gasteiger partial charge in [-0.25, -0.2) is 0 Å². The van der Waals surface area contributed by atoms with Gasteiger partial charge in [0.1, 0.15) is 17.3 Å². The minimum Gasteiger partial charge on any atom is -0.491 e. The molecule has 0 saturated heterocycles. The number of aromatic nitrogens is 1. The molecule has 2 amide bonds. The van der Waals surface area contributed by atoms with Crippen molar-refractivity contribution < 1.29 is 14.3 Å². The van der Waals surface area contributed by atoms with Gasteiger partial charge < -0.3 is 15.4 Å². The van der Waals surface area contributed by atoms with E-state index in [1.165, 1.54) is 0 Å². The highest BCUT2D eigenvalue weighted by molar-refractivity contribution is 5.97. The molecule has 2 aromatic carbocycles. The first-order chi connectivity index (χ1) is 15.3. The second-order valence-electron chi connectivity index (χ2n) is 8.85. The molecule has 6 heteroatoms. The molecule has 32 heavy (non-hydrogen) atoms. The van der Waals surface area contributed by atoms with E-state index in [9.17, 15) is 9.59 Å². The lowest BCUT2D eigenvalue weighted by molar-refractivity contribution is -0.122. The first-order valence-electron chi connectivity index (χ1n) is 10.9. The van der Waals surface area contributed by atoms with Crippen molar-refractivity contribution in [3.05, 3.63) is 71.9 Å². The summed E-state index contributed by atoms with van der Waals surface area (Å²) in [6.45, 7) is 8.96. The van der Waals surface area contributed by atoms with Gasteiger partial charge >= 0.3 is 0 Å². The Kier molecular flexibility index (Phi) is 7.46. The summed E-state index contributed by atoms with van der Waals surface area (Å²) >= 11 is 0. The molecule has 0 aliphatic heterocycles. The summed E-state index contributed by atoms with van der Waals surface area (Å²) in [5.74, 6) is 0.240. The van der Waals surface area contributed by atoms with E-state index in [-0.39, 0.29) is 17.2 Å². The second kappa shape index (κ2) is 10.3. The van der Waals surface area contributed by atoms with E-state index in [0.29, 0.717) is 25.1 Å². The van der Waals surface area contributed by atoms with Crippen molar-refractivity contribution in [3.8, 4) is 5.75 Å². The van der Waals surface area contributed by atoms with Gasteiger partial charge in [-0.3, -0.25) is 14.6 Å². The maximum Gasteiger partial charge on any atom is 0.251 e. The Balaban J connectivity index is 1.41. The van der Waals surface area contributed by atoms with Crippen molar-refractivity contribution in [2.45, 2.75) is 45.6 Å². The number of fused-ring (bicyclic) bond motifs is 1. The van der Waals surface area contributed by atoms with Crippen LogP contribution < -0.4 is 15.4 Å². The summed E-state index contributed by atoms with van der Waals surface area (Å²) in [5.41, 5.74) is 2.54. The lowest BCUT2D eigenvalue weighted by Crippen LogP contribution is -2.45. The highest BCUT2D eigenvalue weighted by atomic mass is 16.5. The molecular formula is C26H31N3O3. The van der Waals surface area contributed by atoms with Gasteiger partial charge in [0, 0.05) is 23.7 Å². The van der Waals surface area contributed by atoms with Gasteiger partial charge in [0.25, 0.3) is 5.91 Å². The topological polar surface area (TPSA) is 80.3 Å². The Bertz CT molecular complexity index is 1070. The van der Waals surface area contributed by atoms with Crippen LogP contribution in [0.3, 0.4) is 0 Å². The standard InChI is InChI=1S/C26H31N3O3/c1-18(29-25(31)20-11-13-21(14-12-20)26(2,3)4)24(30)28-16-7-17-32-22-10-5-8-19-9-6-15-27-23(19)22/h5-6,8-15,18H,7,16-17H2,1-4H3,(H,28,30)(H,29,31). The zero-order valence-corrected chi connectivity index (χ0v) is 19.1. The molecule has 1 aromatic heterocycles. The quantitative estimate of drug-likeness (QED) is 0.521. The van der Waals surface area contributed by atoms with Crippen LogP contribution in [0.15, 0.2) is 60.8 Å². The predicted octanol–water partition coefficient (Wildman–Crippen LogP) is 4.24. The van der Waals surface area contributed by atoms with E-state index in [2.05, 4.69) is 36.4 Å². The molecule has 1 atom stereocenters. The molecule has 0 aliphatic carbocycles. The minimum absolute atomic E-state index is 0.0238. The molecule has 0 bridgehead atoms. The lowest BCUT2D eigenvalue weighted by Gasteiger charge is -2.19. The monoisotopic (exact) mass is 433 g/mol. The summed E-state index contributed by atoms with van der Waals surface area (Å²) in [5, 5.41) is 6.62. The third-order valence-electron chi connectivity index (χ3n) is 5.23. The number of pyridine rings is 1.